The Labute approximate surface area is 118 Å². The molecule has 5 heteroatoms. The lowest BCUT2D eigenvalue weighted by Gasteiger charge is -2.22. The van der Waals surface area contributed by atoms with Crippen LogP contribution in [0.1, 0.15) is 18.4 Å². The van der Waals surface area contributed by atoms with Crippen molar-refractivity contribution in [3.63, 3.8) is 0 Å². The van der Waals surface area contributed by atoms with E-state index in [0.717, 1.165) is 17.7 Å². The number of nitrogens with one attached hydrogen (secondary N) is 2. The van der Waals surface area contributed by atoms with Crippen LogP contribution in [0.5, 0.6) is 0 Å². The molecule has 20 heavy (non-hydrogen) atoms. The number of anilines is 1. The lowest BCUT2D eigenvalue weighted by atomic mass is 9.98. The third-order valence-corrected chi connectivity index (χ3v) is 3.49. The zero-order valence-electron chi connectivity index (χ0n) is 11.6. The molecule has 1 heterocycles. The van der Waals surface area contributed by atoms with Crippen LogP contribution in [0.15, 0.2) is 24.3 Å². The number of benzene rings is 1. The van der Waals surface area contributed by atoms with Crippen molar-refractivity contribution in [2.24, 2.45) is 5.92 Å². The quantitative estimate of drug-likeness (QED) is 0.853. The maximum atomic E-state index is 12.2. The molecular formula is C15H20N2O3. The van der Waals surface area contributed by atoms with Gasteiger partial charge in [-0.3, -0.25) is 9.59 Å². The fourth-order valence-corrected chi connectivity index (χ4v) is 2.26. The highest BCUT2D eigenvalue weighted by molar-refractivity contribution is 5.94. The van der Waals surface area contributed by atoms with Gasteiger partial charge in [0, 0.05) is 25.8 Å². The minimum Gasteiger partial charge on any atom is -0.384 e. The number of methoxy groups -OCH3 is 1. The van der Waals surface area contributed by atoms with Crippen molar-refractivity contribution in [3.8, 4) is 0 Å². The van der Waals surface area contributed by atoms with E-state index in [1.165, 1.54) is 0 Å². The van der Waals surface area contributed by atoms with Gasteiger partial charge in [0.05, 0.1) is 12.5 Å². The fourth-order valence-electron chi connectivity index (χ4n) is 2.26. The molecule has 0 saturated carbocycles. The average molecular weight is 276 g/mol. The third kappa shape index (κ3) is 3.81. The summed E-state index contributed by atoms with van der Waals surface area (Å²) in [5.41, 5.74) is 1.88. The molecule has 0 aliphatic carbocycles. The zero-order chi connectivity index (χ0) is 14.4. The summed E-state index contributed by atoms with van der Waals surface area (Å²) in [4.78, 5) is 23.3. The summed E-state index contributed by atoms with van der Waals surface area (Å²) in [6, 6.07) is 7.72. The maximum absolute atomic E-state index is 12.2. The molecule has 2 rings (SSSR count). The summed E-state index contributed by atoms with van der Waals surface area (Å²) < 4.78 is 5.07. The first-order valence-corrected chi connectivity index (χ1v) is 6.85. The molecule has 1 fully saturated rings. The SMILES string of the molecule is COCCc1ccccc1NC(=O)C1CCC(=O)NC1. The van der Waals surface area contributed by atoms with E-state index < -0.39 is 0 Å². The first-order valence-electron chi connectivity index (χ1n) is 6.85. The van der Waals surface area contributed by atoms with Crippen molar-refractivity contribution >= 4 is 17.5 Å². The van der Waals surface area contributed by atoms with E-state index in [2.05, 4.69) is 10.6 Å². The summed E-state index contributed by atoms with van der Waals surface area (Å²) in [6.07, 6.45) is 1.79. The van der Waals surface area contributed by atoms with Crippen LogP contribution in [0, 0.1) is 5.92 Å². The second-order valence-electron chi connectivity index (χ2n) is 4.93. The highest BCUT2D eigenvalue weighted by Gasteiger charge is 2.24. The molecule has 1 aliphatic heterocycles. The monoisotopic (exact) mass is 276 g/mol. The van der Waals surface area contributed by atoms with Crippen molar-refractivity contribution in [2.75, 3.05) is 25.6 Å². The summed E-state index contributed by atoms with van der Waals surface area (Å²) in [5, 5.41) is 5.69. The smallest absolute Gasteiger partial charge is 0.229 e. The first-order chi connectivity index (χ1) is 9.70. The first kappa shape index (κ1) is 14.5. The van der Waals surface area contributed by atoms with Crippen molar-refractivity contribution in [1.29, 1.82) is 0 Å². The van der Waals surface area contributed by atoms with Crippen LogP contribution in [0.25, 0.3) is 0 Å². The Morgan fingerprint density at radius 1 is 1.45 bits per heavy atom. The van der Waals surface area contributed by atoms with Gasteiger partial charge in [0.2, 0.25) is 11.8 Å². The number of piperidine rings is 1. The predicted octanol–water partition coefficient (Wildman–Crippen LogP) is 1.34. The number of hydrogen-bond acceptors (Lipinski definition) is 3. The molecule has 1 atom stereocenters. The van der Waals surface area contributed by atoms with E-state index in [9.17, 15) is 9.59 Å². The maximum Gasteiger partial charge on any atom is 0.229 e. The Kier molecular flexibility index (Phi) is 5.12. The Morgan fingerprint density at radius 2 is 2.25 bits per heavy atom. The van der Waals surface area contributed by atoms with Crippen LogP contribution in [0.4, 0.5) is 5.69 Å². The van der Waals surface area contributed by atoms with Gasteiger partial charge in [-0.25, -0.2) is 0 Å². The Hall–Kier alpha value is -1.88. The van der Waals surface area contributed by atoms with Crippen molar-refractivity contribution in [3.05, 3.63) is 29.8 Å². The summed E-state index contributed by atoms with van der Waals surface area (Å²) >= 11 is 0. The van der Waals surface area contributed by atoms with E-state index in [1.807, 2.05) is 24.3 Å². The van der Waals surface area contributed by atoms with Crippen LogP contribution in [0.2, 0.25) is 0 Å². The standard InChI is InChI=1S/C15H20N2O3/c1-20-9-8-11-4-2-3-5-13(11)17-15(19)12-6-7-14(18)16-10-12/h2-5,12H,6-10H2,1H3,(H,16,18)(H,17,19). The van der Waals surface area contributed by atoms with Crippen LogP contribution in [0.3, 0.4) is 0 Å². The van der Waals surface area contributed by atoms with Gasteiger partial charge in [0.1, 0.15) is 0 Å². The predicted molar refractivity (Wildman–Crippen MR) is 76.4 cm³/mol. The molecule has 1 unspecified atom stereocenters. The molecule has 5 nitrogen and oxygen atoms in total. The number of amides is 2. The highest BCUT2D eigenvalue weighted by atomic mass is 16.5. The van der Waals surface area contributed by atoms with Crippen LogP contribution in [-0.2, 0) is 20.7 Å². The molecule has 0 aromatic heterocycles. The molecule has 0 spiro atoms. The van der Waals surface area contributed by atoms with E-state index >= 15 is 0 Å². The topological polar surface area (TPSA) is 67.4 Å². The number of rotatable bonds is 5. The van der Waals surface area contributed by atoms with Crippen LogP contribution < -0.4 is 10.6 Å². The molecule has 2 N–H and O–H groups in total. The van der Waals surface area contributed by atoms with E-state index in [0.29, 0.717) is 26.0 Å². The second-order valence-corrected chi connectivity index (χ2v) is 4.93. The fraction of sp³-hybridized carbons (Fsp3) is 0.467. The molecular weight excluding hydrogens is 256 g/mol. The third-order valence-electron chi connectivity index (χ3n) is 3.49. The van der Waals surface area contributed by atoms with E-state index in [-0.39, 0.29) is 17.7 Å². The van der Waals surface area contributed by atoms with E-state index in [4.69, 9.17) is 4.74 Å². The molecule has 2 amide bonds. The van der Waals surface area contributed by atoms with Gasteiger partial charge in [-0.1, -0.05) is 18.2 Å². The van der Waals surface area contributed by atoms with Crippen LogP contribution in [-0.4, -0.2) is 32.1 Å². The largest absolute Gasteiger partial charge is 0.384 e. The molecule has 0 bridgehead atoms. The normalized spacial score (nSPS) is 18.4. The van der Waals surface area contributed by atoms with Gasteiger partial charge in [0.15, 0.2) is 0 Å². The molecule has 1 aliphatic rings. The Bertz CT molecular complexity index is 478. The Balaban J connectivity index is 1.98. The number of para-hydroxylation sites is 1. The summed E-state index contributed by atoms with van der Waals surface area (Å²) in [5.74, 6) is -0.160. The highest BCUT2D eigenvalue weighted by Crippen LogP contribution is 2.19. The summed E-state index contributed by atoms with van der Waals surface area (Å²) in [6.45, 7) is 1.04. The number of carbonyl (C=O) groups is 2. The molecule has 0 radical (unpaired) electrons. The van der Waals surface area contributed by atoms with Crippen molar-refractivity contribution in [2.45, 2.75) is 19.3 Å². The Morgan fingerprint density at radius 3 is 2.95 bits per heavy atom. The number of hydrogen-bond donors (Lipinski definition) is 2. The van der Waals surface area contributed by atoms with Gasteiger partial charge < -0.3 is 15.4 Å². The van der Waals surface area contributed by atoms with Crippen molar-refractivity contribution < 1.29 is 14.3 Å². The molecule has 1 aromatic rings. The second kappa shape index (κ2) is 7.05. The zero-order valence-corrected chi connectivity index (χ0v) is 11.6. The van der Waals surface area contributed by atoms with Crippen molar-refractivity contribution in [1.82, 2.24) is 5.32 Å². The minimum atomic E-state index is -0.150. The lowest BCUT2D eigenvalue weighted by molar-refractivity contribution is -0.126. The minimum absolute atomic E-state index is 0.0227. The summed E-state index contributed by atoms with van der Waals surface area (Å²) in [7, 11) is 1.66. The number of carbonyl (C=O) groups excluding carboxylic acids is 2. The molecule has 108 valence electrons. The lowest BCUT2D eigenvalue weighted by Crippen LogP contribution is -2.40. The average Bonchev–Trinajstić information content (AvgIpc) is 2.47. The molecule has 1 saturated heterocycles. The van der Waals surface area contributed by atoms with Gasteiger partial charge in [0.25, 0.3) is 0 Å². The van der Waals surface area contributed by atoms with E-state index in [1.54, 1.807) is 7.11 Å². The number of ether oxygens (including phenoxy) is 1. The van der Waals surface area contributed by atoms with Crippen LogP contribution >= 0.6 is 0 Å². The molecule has 1 aromatic carbocycles. The van der Waals surface area contributed by atoms with Gasteiger partial charge in [-0.05, 0) is 24.5 Å². The van der Waals surface area contributed by atoms with Gasteiger partial charge in [-0.2, -0.15) is 0 Å². The van der Waals surface area contributed by atoms with Gasteiger partial charge in [-0.15, -0.1) is 0 Å². The van der Waals surface area contributed by atoms with Gasteiger partial charge >= 0.3 is 0 Å².